The Hall–Kier alpha value is -2.59. The Morgan fingerprint density at radius 3 is 2.68 bits per heavy atom. The van der Waals surface area contributed by atoms with E-state index in [1.165, 1.54) is 35.6 Å². The molecule has 2 aromatic rings. The van der Waals surface area contributed by atoms with Gasteiger partial charge in [0.05, 0.1) is 12.6 Å². The number of hydrogen-bond acceptors (Lipinski definition) is 5. The van der Waals surface area contributed by atoms with Crippen molar-refractivity contribution in [1.29, 1.82) is 0 Å². The number of alkyl halides is 4. The first-order chi connectivity index (χ1) is 14.9. The predicted molar refractivity (Wildman–Crippen MR) is 107 cm³/mol. The van der Waals surface area contributed by atoms with Crippen LogP contribution in [0.4, 0.5) is 17.6 Å². The summed E-state index contributed by atoms with van der Waals surface area (Å²) in [6, 6.07) is 7.19. The summed E-state index contributed by atoms with van der Waals surface area (Å²) in [5.74, 6) is -1.03. The number of rotatable bonds is 10. The average molecular weight is 459 g/mol. The Morgan fingerprint density at radius 1 is 1.23 bits per heavy atom. The van der Waals surface area contributed by atoms with Gasteiger partial charge in [-0.1, -0.05) is 6.07 Å². The largest absolute Gasteiger partial charge is 0.435 e. The first-order valence-corrected chi connectivity index (χ1v) is 10.4. The molecule has 1 saturated heterocycles. The lowest BCUT2D eigenvalue weighted by atomic mass is 10.1. The van der Waals surface area contributed by atoms with Gasteiger partial charge in [-0.25, -0.2) is 0 Å². The Balaban J connectivity index is 1.76. The van der Waals surface area contributed by atoms with E-state index in [9.17, 15) is 22.4 Å². The van der Waals surface area contributed by atoms with Crippen LogP contribution in [0.1, 0.15) is 23.3 Å². The molecule has 0 spiro atoms. The van der Waals surface area contributed by atoms with E-state index in [0.717, 1.165) is 23.8 Å². The summed E-state index contributed by atoms with van der Waals surface area (Å²) < 4.78 is 64.5. The molecule has 168 valence electrons. The van der Waals surface area contributed by atoms with Crippen LogP contribution in [0.3, 0.4) is 0 Å². The van der Waals surface area contributed by atoms with Crippen molar-refractivity contribution in [3.63, 3.8) is 0 Å². The van der Waals surface area contributed by atoms with Crippen LogP contribution >= 0.6 is 11.3 Å². The van der Waals surface area contributed by atoms with Crippen LogP contribution in [0, 0.1) is 0 Å². The van der Waals surface area contributed by atoms with Gasteiger partial charge in [0.15, 0.2) is 0 Å². The van der Waals surface area contributed by atoms with Gasteiger partial charge in [-0.2, -0.15) is 17.6 Å². The molecule has 1 fully saturated rings. The van der Waals surface area contributed by atoms with Crippen LogP contribution in [-0.2, 0) is 16.1 Å². The van der Waals surface area contributed by atoms with E-state index in [-0.39, 0.29) is 29.1 Å². The van der Waals surface area contributed by atoms with Gasteiger partial charge in [0, 0.05) is 35.7 Å². The van der Waals surface area contributed by atoms with Crippen LogP contribution in [0.2, 0.25) is 0 Å². The Kier molecular flexibility index (Phi) is 8.30. The van der Waals surface area contributed by atoms with Crippen molar-refractivity contribution in [3.05, 3.63) is 52.2 Å². The number of amides is 1. The summed E-state index contributed by atoms with van der Waals surface area (Å²) in [7, 11) is 0. The average Bonchev–Trinajstić information content (AvgIpc) is 3.40. The smallest absolute Gasteiger partial charge is 0.387 e. The molecule has 1 aromatic heterocycles. The van der Waals surface area contributed by atoms with Crippen molar-refractivity contribution < 1.29 is 36.6 Å². The molecule has 0 N–H and O–H groups in total. The zero-order chi connectivity index (χ0) is 22.2. The minimum absolute atomic E-state index is 0.0548. The molecule has 2 heterocycles. The highest BCUT2D eigenvalue weighted by Gasteiger charge is 2.22. The molecule has 0 aliphatic carbocycles. The van der Waals surface area contributed by atoms with Crippen molar-refractivity contribution in [3.8, 4) is 11.5 Å². The molecular formula is C21H21F4NO4S. The van der Waals surface area contributed by atoms with Gasteiger partial charge in [0.25, 0.3) is 0 Å². The second-order valence-corrected chi connectivity index (χ2v) is 7.76. The van der Waals surface area contributed by atoms with E-state index >= 15 is 0 Å². The minimum Gasteiger partial charge on any atom is -0.435 e. The first-order valence-electron chi connectivity index (χ1n) is 9.55. The van der Waals surface area contributed by atoms with Crippen molar-refractivity contribution >= 4 is 23.3 Å². The number of thiophene rings is 1. The molecule has 1 aliphatic rings. The molecule has 10 heteroatoms. The maximum absolute atomic E-state index is 12.9. The first kappa shape index (κ1) is 23.1. The Labute approximate surface area is 180 Å². The number of hydrogen-bond donors (Lipinski definition) is 0. The molecule has 1 aliphatic heterocycles. The maximum Gasteiger partial charge on any atom is 0.387 e. The molecular weight excluding hydrogens is 438 g/mol. The van der Waals surface area contributed by atoms with E-state index in [1.807, 2.05) is 17.5 Å². The SMILES string of the molecule is O=C(/C=C/c1ccc(OC(F)F)cc1OC(F)F)N(Cc1cccs1)CC1CCCO1. The lowest BCUT2D eigenvalue weighted by molar-refractivity contribution is -0.128. The quantitative estimate of drug-likeness (QED) is 0.363. The monoisotopic (exact) mass is 459 g/mol. The Morgan fingerprint density at radius 2 is 2.03 bits per heavy atom. The number of nitrogens with zero attached hydrogens (tertiary/aromatic N) is 1. The van der Waals surface area contributed by atoms with Crippen LogP contribution in [-0.4, -0.2) is 43.3 Å². The third-order valence-corrected chi connectivity index (χ3v) is 5.38. The second kappa shape index (κ2) is 11.1. The Bertz CT molecular complexity index is 870. The molecule has 0 bridgehead atoms. The fourth-order valence-electron chi connectivity index (χ4n) is 3.15. The predicted octanol–water partition coefficient (Wildman–Crippen LogP) is 5.17. The summed E-state index contributed by atoms with van der Waals surface area (Å²) in [5, 5.41) is 1.91. The van der Waals surface area contributed by atoms with Gasteiger partial charge in [0.1, 0.15) is 11.5 Å². The van der Waals surface area contributed by atoms with Gasteiger partial charge in [-0.05, 0) is 42.5 Å². The highest BCUT2D eigenvalue weighted by atomic mass is 32.1. The zero-order valence-electron chi connectivity index (χ0n) is 16.4. The molecule has 1 atom stereocenters. The fourth-order valence-corrected chi connectivity index (χ4v) is 3.87. The van der Waals surface area contributed by atoms with Crippen molar-refractivity contribution in [2.45, 2.75) is 38.7 Å². The second-order valence-electron chi connectivity index (χ2n) is 6.72. The normalized spacial score (nSPS) is 16.4. The number of ether oxygens (including phenoxy) is 3. The molecule has 3 rings (SSSR count). The summed E-state index contributed by atoms with van der Waals surface area (Å²) >= 11 is 1.52. The van der Waals surface area contributed by atoms with Crippen molar-refractivity contribution in [1.82, 2.24) is 4.90 Å². The third-order valence-electron chi connectivity index (χ3n) is 4.52. The number of halogens is 4. The van der Waals surface area contributed by atoms with Crippen LogP contribution in [0.25, 0.3) is 6.08 Å². The topological polar surface area (TPSA) is 48.0 Å². The highest BCUT2D eigenvalue weighted by Crippen LogP contribution is 2.29. The minimum atomic E-state index is -3.17. The van der Waals surface area contributed by atoms with Crippen molar-refractivity contribution in [2.75, 3.05) is 13.2 Å². The van der Waals surface area contributed by atoms with Gasteiger partial charge in [-0.3, -0.25) is 4.79 Å². The van der Waals surface area contributed by atoms with E-state index < -0.39 is 13.2 Å². The zero-order valence-corrected chi connectivity index (χ0v) is 17.2. The standard InChI is InChI=1S/C21H21F4NO4S/c22-20(23)29-15-7-5-14(18(11-15)30-21(24)25)6-8-19(27)26(12-16-3-1-9-28-16)13-17-4-2-10-31-17/h2,4-8,10-11,16,20-21H,1,3,9,12-13H2/b8-6+. The fraction of sp³-hybridized carbons (Fsp3) is 0.381. The summed E-state index contributed by atoms with van der Waals surface area (Å²) in [5.41, 5.74) is 0.128. The lowest BCUT2D eigenvalue weighted by Crippen LogP contribution is -2.35. The van der Waals surface area contributed by atoms with Gasteiger partial charge < -0.3 is 19.1 Å². The number of carbonyl (C=O) groups excluding carboxylic acids is 1. The lowest BCUT2D eigenvalue weighted by Gasteiger charge is -2.24. The van der Waals surface area contributed by atoms with Crippen LogP contribution < -0.4 is 9.47 Å². The summed E-state index contributed by atoms with van der Waals surface area (Å²) in [4.78, 5) is 15.5. The van der Waals surface area contributed by atoms with Gasteiger partial charge in [0.2, 0.25) is 5.91 Å². The molecule has 0 radical (unpaired) electrons. The molecule has 1 aromatic carbocycles. The van der Waals surface area contributed by atoms with Gasteiger partial charge >= 0.3 is 13.2 Å². The van der Waals surface area contributed by atoms with E-state index in [2.05, 4.69) is 9.47 Å². The summed E-state index contributed by atoms with van der Waals surface area (Å²) in [6.45, 7) is -4.82. The van der Waals surface area contributed by atoms with E-state index in [4.69, 9.17) is 4.74 Å². The van der Waals surface area contributed by atoms with Crippen molar-refractivity contribution in [2.24, 2.45) is 0 Å². The molecule has 0 saturated carbocycles. The number of benzene rings is 1. The van der Waals surface area contributed by atoms with Gasteiger partial charge in [-0.15, -0.1) is 11.3 Å². The molecule has 31 heavy (non-hydrogen) atoms. The molecule has 5 nitrogen and oxygen atoms in total. The maximum atomic E-state index is 12.9. The van der Waals surface area contributed by atoms with E-state index in [0.29, 0.717) is 19.7 Å². The van der Waals surface area contributed by atoms with E-state index in [1.54, 1.807) is 4.90 Å². The van der Waals surface area contributed by atoms with Crippen LogP contribution in [0.5, 0.6) is 11.5 Å². The third kappa shape index (κ3) is 7.25. The summed E-state index contributed by atoms with van der Waals surface area (Å²) in [6.07, 6.45) is 4.28. The number of carbonyl (C=O) groups is 1. The molecule has 1 amide bonds. The van der Waals surface area contributed by atoms with Crippen LogP contribution in [0.15, 0.2) is 41.8 Å². The highest BCUT2D eigenvalue weighted by molar-refractivity contribution is 7.09. The molecule has 1 unspecified atom stereocenters.